The molecule has 4 nitrogen and oxygen atoms in total. The number of thioether (sulfide) groups is 1. The van der Waals surface area contributed by atoms with E-state index in [9.17, 15) is 13.2 Å². The van der Waals surface area contributed by atoms with Crippen molar-refractivity contribution in [1.29, 1.82) is 0 Å². The third-order valence-electron chi connectivity index (χ3n) is 7.14. The smallest absolute Gasteiger partial charge is 0.381 e. The second kappa shape index (κ2) is 11.8. The van der Waals surface area contributed by atoms with E-state index in [0.717, 1.165) is 92.9 Å². The normalized spacial score (nSPS) is 16.1. The van der Waals surface area contributed by atoms with Crippen molar-refractivity contribution in [3.63, 3.8) is 0 Å². The summed E-state index contributed by atoms with van der Waals surface area (Å²) in [4.78, 5) is 9.78. The molecule has 0 N–H and O–H groups in total. The van der Waals surface area contributed by atoms with Crippen LogP contribution in [-0.4, -0.2) is 33.5 Å². The first-order valence-electron chi connectivity index (χ1n) is 12.6. The second-order valence-corrected chi connectivity index (χ2v) is 10.7. The average molecular weight is 506 g/mol. The summed E-state index contributed by atoms with van der Waals surface area (Å²) in [5.74, 6) is 0.943. The van der Waals surface area contributed by atoms with Gasteiger partial charge in [-0.3, -0.25) is 4.98 Å². The number of pyridine rings is 1. The number of imidazole rings is 1. The fraction of sp³-hybridized carbons (Fsp3) is 0.556. The van der Waals surface area contributed by atoms with Crippen LogP contribution < -0.4 is 0 Å². The predicted octanol–water partition coefficient (Wildman–Crippen LogP) is 7.55. The van der Waals surface area contributed by atoms with Gasteiger partial charge in [-0.1, -0.05) is 25.8 Å². The van der Waals surface area contributed by atoms with E-state index in [-0.39, 0.29) is 0 Å². The van der Waals surface area contributed by atoms with E-state index in [1.807, 2.05) is 12.4 Å². The topological polar surface area (TPSA) is 39.9 Å². The molecule has 0 spiro atoms. The van der Waals surface area contributed by atoms with Crippen LogP contribution in [0.3, 0.4) is 0 Å². The van der Waals surface area contributed by atoms with Gasteiger partial charge in [-0.05, 0) is 67.9 Å². The lowest BCUT2D eigenvalue weighted by Crippen LogP contribution is -2.31. The van der Waals surface area contributed by atoms with Crippen LogP contribution >= 0.6 is 11.8 Å². The van der Waals surface area contributed by atoms with Gasteiger partial charge >= 0.3 is 6.18 Å². The highest BCUT2D eigenvalue weighted by atomic mass is 32.2. The Balaban J connectivity index is 1.17. The lowest BCUT2D eigenvalue weighted by molar-refractivity contribution is -0.137. The Kier molecular flexibility index (Phi) is 8.76. The molecule has 0 aliphatic carbocycles. The van der Waals surface area contributed by atoms with Gasteiger partial charge in [0.1, 0.15) is 0 Å². The molecule has 0 unspecified atom stereocenters. The fourth-order valence-electron chi connectivity index (χ4n) is 4.82. The third-order valence-corrected chi connectivity index (χ3v) is 8.30. The van der Waals surface area contributed by atoms with Crippen LogP contribution in [0.2, 0.25) is 0 Å². The number of nitrogens with zero attached hydrogens (tertiary/aromatic N) is 3. The number of aromatic nitrogens is 3. The highest BCUT2D eigenvalue weighted by molar-refractivity contribution is 7.99. The van der Waals surface area contributed by atoms with Crippen molar-refractivity contribution in [2.24, 2.45) is 5.41 Å². The van der Waals surface area contributed by atoms with Crippen LogP contribution in [0.1, 0.15) is 63.1 Å². The van der Waals surface area contributed by atoms with Gasteiger partial charge in [0.2, 0.25) is 0 Å². The average Bonchev–Trinajstić information content (AvgIpc) is 3.30. The van der Waals surface area contributed by atoms with E-state index in [2.05, 4.69) is 27.7 Å². The summed E-state index contributed by atoms with van der Waals surface area (Å²) in [5.41, 5.74) is 1.27. The third kappa shape index (κ3) is 7.00. The summed E-state index contributed by atoms with van der Waals surface area (Å²) >= 11 is 1.69. The Bertz CT molecular complexity index is 1090. The first-order chi connectivity index (χ1) is 16.9. The largest absolute Gasteiger partial charge is 0.416 e. The van der Waals surface area contributed by atoms with E-state index < -0.39 is 11.7 Å². The summed E-state index contributed by atoms with van der Waals surface area (Å²) < 4.78 is 46.6. The number of aryl methyl sites for hydroxylation is 1. The highest BCUT2D eigenvalue weighted by Crippen LogP contribution is 2.37. The molecule has 0 radical (unpaired) electrons. The molecule has 2 aromatic heterocycles. The summed E-state index contributed by atoms with van der Waals surface area (Å²) in [6.45, 7) is 4.99. The number of hydrogen-bond acceptors (Lipinski definition) is 4. The van der Waals surface area contributed by atoms with Crippen LogP contribution in [-0.2, 0) is 23.9 Å². The summed E-state index contributed by atoms with van der Waals surface area (Å²) in [6.07, 6.45) is 10.4. The monoisotopic (exact) mass is 505 g/mol. The predicted molar refractivity (Wildman–Crippen MR) is 135 cm³/mol. The first kappa shape index (κ1) is 26.0. The summed E-state index contributed by atoms with van der Waals surface area (Å²) in [6, 6.07) is 5.70. The molecular formula is C27H34F3N3OS. The highest BCUT2D eigenvalue weighted by Gasteiger charge is 2.32. The van der Waals surface area contributed by atoms with Gasteiger partial charge in [0.05, 0.1) is 23.1 Å². The zero-order chi connectivity index (χ0) is 24.7. The van der Waals surface area contributed by atoms with Gasteiger partial charge in [-0.25, -0.2) is 4.98 Å². The van der Waals surface area contributed by atoms with E-state index >= 15 is 0 Å². The number of benzene rings is 1. The molecule has 3 heterocycles. The molecule has 35 heavy (non-hydrogen) atoms. The van der Waals surface area contributed by atoms with E-state index in [1.54, 1.807) is 18.0 Å². The zero-order valence-corrected chi connectivity index (χ0v) is 21.1. The molecular weight excluding hydrogens is 471 g/mol. The van der Waals surface area contributed by atoms with Crippen LogP contribution in [0.25, 0.3) is 10.9 Å². The van der Waals surface area contributed by atoms with Crippen molar-refractivity contribution >= 4 is 22.7 Å². The molecule has 0 amide bonds. The first-order valence-corrected chi connectivity index (χ1v) is 13.5. The maximum atomic E-state index is 13.0. The quantitative estimate of drug-likeness (QED) is 0.199. The van der Waals surface area contributed by atoms with Crippen LogP contribution in [0.5, 0.6) is 0 Å². The Hall–Kier alpha value is -2.06. The molecule has 1 aromatic carbocycles. The minimum absolute atomic E-state index is 0.343. The molecule has 4 rings (SSSR count). The lowest BCUT2D eigenvalue weighted by atomic mass is 9.74. The molecule has 0 bridgehead atoms. The molecule has 1 saturated heterocycles. The number of halogens is 3. The maximum absolute atomic E-state index is 13.0. The zero-order valence-electron chi connectivity index (χ0n) is 20.3. The van der Waals surface area contributed by atoms with Crippen LogP contribution in [0.4, 0.5) is 13.2 Å². The number of ether oxygens (including phenoxy) is 1. The number of hydrogen-bond donors (Lipinski definition) is 0. The summed E-state index contributed by atoms with van der Waals surface area (Å²) in [5, 5.41) is 0.784. The van der Waals surface area contributed by atoms with Crippen LogP contribution in [0, 0.1) is 5.41 Å². The van der Waals surface area contributed by atoms with Crippen molar-refractivity contribution in [3.05, 3.63) is 54.2 Å². The number of alkyl halides is 3. The van der Waals surface area contributed by atoms with Gasteiger partial charge in [-0.15, -0.1) is 11.8 Å². The van der Waals surface area contributed by atoms with Gasteiger partial charge in [-0.2, -0.15) is 13.2 Å². The Morgan fingerprint density at radius 2 is 1.86 bits per heavy atom. The molecule has 3 aromatic rings. The summed E-state index contributed by atoms with van der Waals surface area (Å²) in [7, 11) is 0. The number of unbranched alkanes of at least 4 members (excludes halogenated alkanes) is 3. The van der Waals surface area contributed by atoms with E-state index in [4.69, 9.17) is 4.74 Å². The molecule has 0 saturated carbocycles. The van der Waals surface area contributed by atoms with E-state index in [1.165, 1.54) is 18.2 Å². The molecule has 8 heteroatoms. The molecule has 190 valence electrons. The minimum atomic E-state index is -4.35. The minimum Gasteiger partial charge on any atom is -0.381 e. The van der Waals surface area contributed by atoms with Crippen molar-refractivity contribution < 1.29 is 17.9 Å². The van der Waals surface area contributed by atoms with E-state index in [0.29, 0.717) is 10.9 Å². The van der Waals surface area contributed by atoms with Gasteiger partial charge in [0, 0.05) is 42.4 Å². The maximum Gasteiger partial charge on any atom is 0.416 e. The van der Waals surface area contributed by atoms with Crippen molar-refractivity contribution in [1.82, 2.24) is 14.5 Å². The Labute approximate surface area is 209 Å². The molecule has 1 aliphatic heterocycles. The second-order valence-electron chi connectivity index (χ2n) is 9.55. The van der Waals surface area contributed by atoms with Gasteiger partial charge < -0.3 is 9.30 Å². The van der Waals surface area contributed by atoms with Gasteiger partial charge in [0.25, 0.3) is 0 Å². The van der Waals surface area contributed by atoms with Crippen molar-refractivity contribution in [3.8, 4) is 0 Å². The van der Waals surface area contributed by atoms with Crippen molar-refractivity contribution in [2.75, 3.05) is 19.0 Å². The molecule has 1 fully saturated rings. The Morgan fingerprint density at radius 3 is 2.63 bits per heavy atom. The number of fused-ring (bicyclic) bond motifs is 1. The standard InChI is InChI=1S/C27H34F3N3OS/c1-2-26(10-14-34-15-11-26)18-22-19-33(20-32-22)13-5-3-4-6-16-35-25-9-12-31-24-17-21(27(28,29)30)7-8-23(24)25/h7-9,12,17,19-20H,2-6,10-11,13-16,18H2,1H3. The SMILES string of the molecule is CCC1(Cc2cn(CCCCCCSc3ccnc4cc(C(F)(F)F)ccc34)cn2)CCOCC1. The molecule has 0 atom stereocenters. The molecule has 1 aliphatic rings. The van der Waals surface area contributed by atoms with Crippen LogP contribution in [0.15, 0.2) is 47.9 Å². The number of rotatable bonds is 11. The van der Waals surface area contributed by atoms with Crippen molar-refractivity contribution in [2.45, 2.75) is 75.9 Å². The lowest BCUT2D eigenvalue weighted by Gasteiger charge is -2.35. The van der Waals surface area contributed by atoms with Gasteiger partial charge in [0.15, 0.2) is 0 Å². The fourth-order valence-corrected chi connectivity index (χ4v) is 5.87. The Morgan fingerprint density at radius 1 is 1.06 bits per heavy atom.